The lowest BCUT2D eigenvalue weighted by atomic mass is 9.88. The van der Waals surface area contributed by atoms with Crippen molar-refractivity contribution in [3.63, 3.8) is 0 Å². The molecular formula is C19H27N3S. The maximum absolute atomic E-state index is 9.91. The van der Waals surface area contributed by atoms with Crippen molar-refractivity contribution in [1.29, 1.82) is 5.26 Å². The molecule has 0 bridgehead atoms. The number of nitriles is 1. The molecule has 124 valence electrons. The lowest BCUT2D eigenvalue weighted by molar-refractivity contribution is 0.568. The second-order valence-electron chi connectivity index (χ2n) is 7.69. The molecule has 1 aromatic heterocycles. The van der Waals surface area contributed by atoms with Gasteiger partial charge < -0.3 is 4.90 Å². The summed E-state index contributed by atoms with van der Waals surface area (Å²) in [7, 11) is 0. The minimum atomic E-state index is 0.196. The minimum Gasteiger partial charge on any atom is -0.356 e. The zero-order valence-corrected chi connectivity index (χ0v) is 15.6. The Labute approximate surface area is 144 Å². The number of aromatic nitrogens is 1. The standard InChI is InChI=1S/C19H27N3S/c1-13(2)17-15(11-20)14-10-19(3,4)23-12-16(14)21-18(17)22-8-6-5-7-9-22/h13H,5-10,12H2,1-4H3. The highest BCUT2D eigenvalue weighted by Gasteiger charge is 2.32. The van der Waals surface area contributed by atoms with Gasteiger partial charge in [-0.05, 0) is 37.2 Å². The van der Waals surface area contributed by atoms with Crippen molar-refractivity contribution < 1.29 is 0 Å². The number of pyridine rings is 1. The largest absolute Gasteiger partial charge is 0.356 e. The Morgan fingerprint density at radius 3 is 2.52 bits per heavy atom. The Kier molecular flexibility index (Phi) is 4.60. The predicted molar refractivity (Wildman–Crippen MR) is 98.2 cm³/mol. The van der Waals surface area contributed by atoms with Crippen LogP contribution in [0.1, 0.15) is 75.3 Å². The number of hydrogen-bond donors (Lipinski definition) is 0. The molecule has 0 atom stereocenters. The van der Waals surface area contributed by atoms with E-state index in [1.807, 2.05) is 11.8 Å². The number of hydrogen-bond acceptors (Lipinski definition) is 4. The monoisotopic (exact) mass is 329 g/mol. The van der Waals surface area contributed by atoms with Gasteiger partial charge in [0.2, 0.25) is 0 Å². The highest BCUT2D eigenvalue weighted by atomic mass is 32.2. The average Bonchev–Trinajstić information content (AvgIpc) is 2.53. The Balaban J connectivity index is 2.16. The summed E-state index contributed by atoms with van der Waals surface area (Å²) >= 11 is 1.96. The average molecular weight is 330 g/mol. The summed E-state index contributed by atoms with van der Waals surface area (Å²) in [5, 5.41) is 9.91. The van der Waals surface area contributed by atoms with E-state index in [1.165, 1.54) is 30.4 Å². The van der Waals surface area contributed by atoms with E-state index in [-0.39, 0.29) is 4.75 Å². The van der Waals surface area contributed by atoms with Gasteiger partial charge in [0.15, 0.2) is 0 Å². The van der Waals surface area contributed by atoms with Crippen LogP contribution in [0.3, 0.4) is 0 Å². The van der Waals surface area contributed by atoms with Crippen LogP contribution in [0.5, 0.6) is 0 Å². The first-order chi connectivity index (χ1) is 10.9. The molecule has 3 nitrogen and oxygen atoms in total. The highest BCUT2D eigenvalue weighted by Crippen LogP contribution is 2.42. The summed E-state index contributed by atoms with van der Waals surface area (Å²) in [5.41, 5.74) is 4.45. The van der Waals surface area contributed by atoms with Crippen molar-refractivity contribution in [1.82, 2.24) is 4.98 Å². The van der Waals surface area contributed by atoms with E-state index in [9.17, 15) is 5.26 Å². The zero-order chi connectivity index (χ0) is 16.6. The maximum atomic E-state index is 9.91. The Morgan fingerprint density at radius 2 is 1.91 bits per heavy atom. The molecule has 0 aliphatic carbocycles. The smallest absolute Gasteiger partial charge is 0.133 e. The molecule has 4 heteroatoms. The molecule has 0 spiro atoms. The Hall–Kier alpha value is -1.21. The van der Waals surface area contributed by atoms with Crippen LogP contribution >= 0.6 is 11.8 Å². The number of rotatable bonds is 2. The lowest BCUT2D eigenvalue weighted by Crippen LogP contribution is -2.33. The molecule has 1 fully saturated rings. The van der Waals surface area contributed by atoms with Crippen molar-refractivity contribution in [3.05, 3.63) is 22.4 Å². The third-order valence-corrected chi connectivity index (χ3v) is 6.29. The molecular weight excluding hydrogens is 302 g/mol. The van der Waals surface area contributed by atoms with Crippen molar-refractivity contribution in [2.75, 3.05) is 18.0 Å². The van der Waals surface area contributed by atoms with Gasteiger partial charge in [0.05, 0.1) is 17.3 Å². The van der Waals surface area contributed by atoms with E-state index < -0.39 is 0 Å². The summed E-state index contributed by atoms with van der Waals surface area (Å²) in [6, 6.07) is 2.55. The van der Waals surface area contributed by atoms with Crippen LogP contribution in [-0.4, -0.2) is 22.8 Å². The van der Waals surface area contributed by atoms with Crippen molar-refractivity contribution in [2.45, 2.75) is 69.8 Å². The van der Waals surface area contributed by atoms with E-state index in [0.29, 0.717) is 5.92 Å². The summed E-state index contributed by atoms with van der Waals surface area (Å²) < 4.78 is 0.196. The summed E-state index contributed by atoms with van der Waals surface area (Å²) in [6.45, 7) is 11.1. The molecule has 0 N–H and O–H groups in total. The number of anilines is 1. The molecule has 0 amide bonds. The van der Waals surface area contributed by atoms with Crippen molar-refractivity contribution in [3.8, 4) is 6.07 Å². The van der Waals surface area contributed by atoms with Crippen LogP contribution in [0.15, 0.2) is 0 Å². The molecule has 1 saturated heterocycles. The van der Waals surface area contributed by atoms with Gasteiger partial charge in [-0.3, -0.25) is 0 Å². The van der Waals surface area contributed by atoms with E-state index in [2.05, 4.69) is 38.7 Å². The Morgan fingerprint density at radius 1 is 1.22 bits per heavy atom. The fraction of sp³-hybridized carbons (Fsp3) is 0.684. The molecule has 3 rings (SSSR count). The first kappa shape index (κ1) is 16.6. The minimum absolute atomic E-state index is 0.196. The third-order valence-electron chi connectivity index (χ3n) is 4.95. The topological polar surface area (TPSA) is 39.9 Å². The van der Waals surface area contributed by atoms with Gasteiger partial charge >= 0.3 is 0 Å². The first-order valence-electron chi connectivity index (χ1n) is 8.77. The van der Waals surface area contributed by atoms with Gasteiger partial charge in [0.25, 0.3) is 0 Å². The van der Waals surface area contributed by atoms with E-state index in [4.69, 9.17) is 4.98 Å². The van der Waals surface area contributed by atoms with Crippen molar-refractivity contribution in [2.24, 2.45) is 0 Å². The fourth-order valence-corrected chi connectivity index (χ4v) is 4.76. The number of fused-ring (bicyclic) bond motifs is 1. The maximum Gasteiger partial charge on any atom is 0.133 e. The van der Waals surface area contributed by atoms with Gasteiger partial charge in [0.1, 0.15) is 5.82 Å². The third kappa shape index (κ3) is 3.21. The number of nitrogens with zero attached hydrogens (tertiary/aromatic N) is 3. The molecule has 23 heavy (non-hydrogen) atoms. The van der Waals surface area contributed by atoms with Crippen LogP contribution in [0.4, 0.5) is 5.82 Å². The quantitative estimate of drug-likeness (QED) is 0.793. The second kappa shape index (κ2) is 6.36. The molecule has 0 aromatic carbocycles. The second-order valence-corrected chi connectivity index (χ2v) is 9.37. The van der Waals surface area contributed by atoms with E-state index >= 15 is 0 Å². The molecule has 0 saturated carbocycles. The molecule has 1 aromatic rings. The lowest BCUT2D eigenvalue weighted by Gasteiger charge is -2.35. The normalized spacial score (nSPS) is 20.3. The predicted octanol–water partition coefficient (Wildman–Crippen LogP) is 4.63. The van der Waals surface area contributed by atoms with Gasteiger partial charge in [0, 0.05) is 29.2 Å². The number of piperidine rings is 1. The molecule has 3 heterocycles. The van der Waals surface area contributed by atoms with Gasteiger partial charge in [-0.1, -0.05) is 27.7 Å². The van der Waals surface area contributed by atoms with Crippen LogP contribution in [0.25, 0.3) is 0 Å². The number of thioether (sulfide) groups is 1. The van der Waals surface area contributed by atoms with Gasteiger partial charge in [-0.2, -0.15) is 5.26 Å². The molecule has 2 aliphatic rings. The van der Waals surface area contributed by atoms with Crippen LogP contribution < -0.4 is 4.90 Å². The highest BCUT2D eigenvalue weighted by molar-refractivity contribution is 7.99. The van der Waals surface area contributed by atoms with Crippen molar-refractivity contribution >= 4 is 17.6 Å². The molecule has 0 radical (unpaired) electrons. The SMILES string of the molecule is CC(C)c1c(N2CCCCC2)nc2c(c1C#N)CC(C)(C)SC2. The first-order valence-corrected chi connectivity index (χ1v) is 9.76. The van der Waals surface area contributed by atoms with Crippen LogP contribution in [0.2, 0.25) is 0 Å². The van der Waals surface area contributed by atoms with Gasteiger partial charge in [-0.15, -0.1) is 11.8 Å². The van der Waals surface area contributed by atoms with Crippen LogP contribution in [-0.2, 0) is 12.2 Å². The van der Waals surface area contributed by atoms with Crippen LogP contribution in [0, 0.1) is 11.3 Å². The van der Waals surface area contributed by atoms with E-state index in [1.54, 1.807) is 0 Å². The van der Waals surface area contributed by atoms with Gasteiger partial charge in [-0.25, -0.2) is 4.98 Å². The summed E-state index contributed by atoms with van der Waals surface area (Å²) in [5.74, 6) is 2.35. The molecule has 0 unspecified atom stereocenters. The zero-order valence-electron chi connectivity index (χ0n) is 14.8. The van der Waals surface area contributed by atoms with E-state index in [0.717, 1.165) is 42.3 Å². The summed E-state index contributed by atoms with van der Waals surface area (Å²) in [6.07, 6.45) is 4.73. The fourth-order valence-electron chi connectivity index (χ4n) is 3.75. The molecule has 2 aliphatic heterocycles. The Bertz CT molecular complexity index is 637. The summed E-state index contributed by atoms with van der Waals surface area (Å²) in [4.78, 5) is 7.51.